The molecule has 1 N–H and O–H groups in total. The molecular weight excluding hydrogens is 267 g/mol. The summed E-state index contributed by atoms with van der Waals surface area (Å²) in [6, 6.07) is 8.04. The van der Waals surface area contributed by atoms with E-state index in [2.05, 4.69) is 6.07 Å². The predicted octanol–water partition coefficient (Wildman–Crippen LogP) is 1.39. The number of thioether (sulfide) groups is 1. The Hall–Kier alpha value is -1.82. The Labute approximate surface area is 112 Å². The Balaban J connectivity index is 1.83. The van der Waals surface area contributed by atoms with Crippen molar-refractivity contribution in [3.63, 3.8) is 0 Å². The quantitative estimate of drug-likeness (QED) is 0.903. The van der Waals surface area contributed by atoms with Gasteiger partial charge in [-0.15, -0.1) is 11.8 Å². The number of hydrogen-bond donors (Lipinski definition) is 1. The van der Waals surface area contributed by atoms with Gasteiger partial charge in [0.25, 0.3) is 5.56 Å². The number of aromatic nitrogens is 2. The summed E-state index contributed by atoms with van der Waals surface area (Å²) in [5.74, 6) is -0.930. The SMILES string of the molecule is O=c1[nH]c(=O)n(CC2Cc3ccccc3S2)cc1F. The summed E-state index contributed by atoms with van der Waals surface area (Å²) in [6.45, 7) is 0.381. The zero-order chi connectivity index (χ0) is 13.4. The lowest BCUT2D eigenvalue weighted by Crippen LogP contribution is -2.33. The standard InChI is InChI=1S/C13H11FN2O2S/c14-10-7-16(13(18)15-12(10)17)6-9-5-8-3-1-2-4-11(8)19-9/h1-4,7,9H,5-6H2,(H,15,17,18). The normalized spacial score (nSPS) is 17.4. The van der Waals surface area contributed by atoms with Gasteiger partial charge in [-0.25, -0.2) is 4.79 Å². The van der Waals surface area contributed by atoms with Crippen molar-refractivity contribution < 1.29 is 4.39 Å². The molecule has 1 atom stereocenters. The molecule has 2 heterocycles. The maximum atomic E-state index is 13.2. The number of rotatable bonds is 2. The number of aromatic amines is 1. The lowest BCUT2D eigenvalue weighted by atomic mass is 10.1. The van der Waals surface area contributed by atoms with Crippen LogP contribution in [0.15, 0.2) is 44.9 Å². The van der Waals surface area contributed by atoms with Crippen LogP contribution in [0.2, 0.25) is 0 Å². The van der Waals surface area contributed by atoms with Gasteiger partial charge >= 0.3 is 5.69 Å². The van der Waals surface area contributed by atoms with Crippen molar-refractivity contribution in [2.45, 2.75) is 23.1 Å². The van der Waals surface area contributed by atoms with E-state index in [9.17, 15) is 14.0 Å². The van der Waals surface area contributed by atoms with Crippen LogP contribution in [0.1, 0.15) is 5.56 Å². The molecule has 3 rings (SSSR count). The summed E-state index contributed by atoms with van der Waals surface area (Å²) in [4.78, 5) is 25.7. The smallest absolute Gasteiger partial charge is 0.297 e. The third kappa shape index (κ3) is 2.35. The first kappa shape index (κ1) is 12.2. The van der Waals surface area contributed by atoms with E-state index in [0.717, 1.165) is 12.6 Å². The number of benzene rings is 1. The van der Waals surface area contributed by atoms with E-state index in [1.807, 2.05) is 23.2 Å². The average Bonchev–Trinajstić information content (AvgIpc) is 2.78. The lowest BCUT2D eigenvalue weighted by molar-refractivity contribution is 0.544. The van der Waals surface area contributed by atoms with Crippen LogP contribution in [-0.2, 0) is 13.0 Å². The largest absolute Gasteiger partial charge is 0.328 e. The van der Waals surface area contributed by atoms with Crippen LogP contribution in [0, 0.1) is 5.82 Å². The van der Waals surface area contributed by atoms with E-state index in [0.29, 0.717) is 6.54 Å². The van der Waals surface area contributed by atoms with Crippen molar-refractivity contribution in [3.8, 4) is 0 Å². The van der Waals surface area contributed by atoms with E-state index >= 15 is 0 Å². The molecule has 4 nitrogen and oxygen atoms in total. The van der Waals surface area contributed by atoms with Crippen molar-refractivity contribution in [2.24, 2.45) is 0 Å². The van der Waals surface area contributed by atoms with Gasteiger partial charge in [0.2, 0.25) is 5.82 Å². The summed E-state index contributed by atoms with van der Waals surface area (Å²) >= 11 is 1.68. The van der Waals surface area contributed by atoms with Crippen LogP contribution in [0.3, 0.4) is 0 Å². The molecule has 1 aliphatic heterocycles. The van der Waals surface area contributed by atoms with Crippen LogP contribution >= 0.6 is 11.8 Å². The van der Waals surface area contributed by atoms with E-state index in [-0.39, 0.29) is 5.25 Å². The van der Waals surface area contributed by atoms with E-state index < -0.39 is 17.1 Å². The van der Waals surface area contributed by atoms with Crippen LogP contribution in [0.5, 0.6) is 0 Å². The molecular formula is C13H11FN2O2S. The van der Waals surface area contributed by atoms with Gasteiger partial charge in [0.15, 0.2) is 0 Å². The lowest BCUT2D eigenvalue weighted by Gasteiger charge is -2.10. The van der Waals surface area contributed by atoms with Crippen LogP contribution < -0.4 is 11.2 Å². The molecule has 0 fully saturated rings. The van der Waals surface area contributed by atoms with Gasteiger partial charge in [-0.1, -0.05) is 18.2 Å². The Kier molecular flexibility index (Phi) is 3.02. The Morgan fingerprint density at radius 3 is 2.95 bits per heavy atom. The minimum atomic E-state index is -0.969. The molecule has 0 saturated heterocycles. The molecule has 2 aromatic rings. The zero-order valence-electron chi connectivity index (χ0n) is 9.93. The number of nitrogens with one attached hydrogen (secondary N) is 1. The van der Waals surface area contributed by atoms with E-state index in [1.54, 1.807) is 11.8 Å². The zero-order valence-corrected chi connectivity index (χ0v) is 10.7. The van der Waals surface area contributed by atoms with Crippen molar-refractivity contribution >= 4 is 11.8 Å². The van der Waals surface area contributed by atoms with Gasteiger partial charge < -0.3 is 0 Å². The summed E-state index contributed by atoms with van der Waals surface area (Å²) in [5.41, 5.74) is -0.290. The average molecular weight is 278 g/mol. The topological polar surface area (TPSA) is 54.9 Å². The molecule has 1 unspecified atom stereocenters. The Morgan fingerprint density at radius 2 is 2.16 bits per heavy atom. The van der Waals surface area contributed by atoms with Crippen molar-refractivity contribution in [1.29, 1.82) is 0 Å². The second-order valence-corrected chi connectivity index (χ2v) is 5.78. The van der Waals surface area contributed by atoms with Gasteiger partial charge in [-0.3, -0.25) is 14.3 Å². The molecule has 0 bridgehead atoms. The second-order valence-electron chi connectivity index (χ2n) is 4.44. The third-order valence-electron chi connectivity index (χ3n) is 3.08. The van der Waals surface area contributed by atoms with Crippen molar-refractivity contribution in [2.75, 3.05) is 0 Å². The minimum absolute atomic E-state index is 0.181. The number of halogens is 1. The second kappa shape index (κ2) is 4.70. The fraction of sp³-hybridized carbons (Fsp3) is 0.231. The summed E-state index contributed by atoms with van der Waals surface area (Å²) in [5, 5.41) is 0.181. The fourth-order valence-corrected chi connectivity index (χ4v) is 3.51. The molecule has 1 aliphatic rings. The number of H-pyrrole nitrogens is 1. The van der Waals surface area contributed by atoms with Crippen LogP contribution in [0.4, 0.5) is 4.39 Å². The molecule has 0 aliphatic carbocycles. The van der Waals surface area contributed by atoms with Crippen LogP contribution in [-0.4, -0.2) is 14.8 Å². The first-order valence-electron chi connectivity index (χ1n) is 5.87. The van der Waals surface area contributed by atoms with E-state index in [4.69, 9.17) is 0 Å². The van der Waals surface area contributed by atoms with Crippen molar-refractivity contribution in [1.82, 2.24) is 9.55 Å². The maximum absolute atomic E-state index is 13.2. The molecule has 0 amide bonds. The Bertz CT molecular complexity index is 713. The highest BCUT2D eigenvalue weighted by Gasteiger charge is 2.22. The van der Waals surface area contributed by atoms with Gasteiger partial charge in [-0.05, 0) is 18.1 Å². The molecule has 98 valence electrons. The first-order chi connectivity index (χ1) is 9.13. The van der Waals surface area contributed by atoms with Crippen molar-refractivity contribution in [3.05, 3.63) is 62.7 Å². The van der Waals surface area contributed by atoms with Gasteiger partial charge in [-0.2, -0.15) is 4.39 Å². The summed E-state index contributed by atoms with van der Waals surface area (Å²) < 4.78 is 14.4. The number of fused-ring (bicyclic) bond motifs is 1. The highest BCUT2D eigenvalue weighted by molar-refractivity contribution is 8.00. The van der Waals surface area contributed by atoms with Gasteiger partial charge in [0.1, 0.15) is 0 Å². The third-order valence-corrected chi connectivity index (χ3v) is 4.38. The molecule has 0 saturated carbocycles. The number of hydrogen-bond acceptors (Lipinski definition) is 3. The fourth-order valence-electron chi connectivity index (χ4n) is 2.19. The summed E-state index contributed by atoms with van der Waals surface area (Å²) in [7, 11) is 0. The monoisotopic (exact) mass is 278 g/mol. The number of nitrogens with zero attached hydrogens (tertiary/aromatic N) is 1. The molecule has 0 radical (unpaired) electrons. The maximum Gasteiger partial charge on any atom is 0.328 e. The Morgan fingerprint density at radius 1 is 1.37 bits per heavy atom. The first-order valence-corrected chi connectivity index (χ1v) is 6.75. The van der Waals surface area contributed by atoms with Crippen LogP contribution in [0.25, 0.3) is 0 Å². The highest BCUT2D eigenvalue weighted by atomic mass is 32.2. The highest BCUT2D eigenvalue weighted by Crippen LogP contribution is 2.37. The van der Waals surface area contributed by atoms with Gasteiger partial charge in [0.05, 0.1) is 6.20 Å². The summed E-state index contributed by atoms with van der Waals surface area (Å²) in [6.07, 6.45) is 1.82. The predicted molar refractivity (Wildman–Crippen MR) is 71.1 cm³/mol. The molecule has 1 aromatic heterocycles. The van der Waals surface area contributed by atoms with E-state index in [1.165, 1.54) is 15.0 Å². The molecule has 1 aromatic carbocycles. The minimum Gasteiger partial charge on any atom is -0.297 e. The molecule has 0 spiro atoms. The molecule has 19 heavy (non-hydrogen) atoms. The molecule has 6 heteroatoms. The van der Waals surface area contributed by atoms with Gasteiger partial charge in [0, 0.05) is 16.7 Å².